The molecule has 0 saturated heterocycles. The van der Waals surface area contributed by atoms with E-state index in [9.17, 15) is 18.0 Å². The topological polar surface area (TPSA) is 86.8 Å². The first-order valence-electron chi connectivity index (χ1n) is 13.5. The number of benzene rings is 3. The molecular weight excluding hydrogens is 581 g/mol. The molecule has 220 valence electrons. The smallest absolute Gasteiger partial charge is 0.264 e. The third-order valence-electron chi connectivity index (χ3n) is 6.53. The number of anilines is 1. The summed E-state index contributed by atoms with van der Waals surface area (Å²) >= 11 is 12.5. The highest BCUT2D eigenvalue weighted by molar-refractivity contribution is 7.92. The van der Waals surface area contributed by atoms with Crippen LogP contribution in [-0.2, 0) is 26.2 Å². The SMILES string of the molecule is CC[C@@H](C(=O)NCC(C)C)N(Cc1cccc(C)c1)C(=O)CN(c1cc(Cl)cc(Cl)c1)S(=O)(=O)c1ccc(C)cc1. The molecule has 3 aromatic rings. The van der Waals surface area contributed by atoms with Crippen LogP contribution in [0.3, 0.4) is 0 Å². The molecule has 3 aromatic carbocycles. The van der Waals surface area contributed by atoms with Crippen molar-refractivity contribution in [2.24, 2.45) is 5.92 Å². The van der Waals surface area contributed by atoms with E-state index in [2.05, 4.69) is 5.32 Å². The molecule has 0 bridgehead atoms. The maximum atomic E-state index is 14.1. The molecule has 3 rings (SSSR count). The number of sulfonamides is 1. The third-order valence-corrected chi connectivity index (χ3v) is 8.75. The zero-order chi connectivity index (χ0) is 30.3. The fourth-order valence-corrected chi connectivity index (χ4v) is 6.31. The second-order valence-corrected chi connectivity index (χ2v) is 13.3. The largest absolute Gasteiger partial charge is 0.354 e. The van der Waals surface area contributed by atoms with Crippen LogP contribution in [0.15, 0.2) is 71.6 Å². The molecule has 0 heterocycles. The number of nitrogens with one attached hydrogen (secondary N) is 1. The summed E-state index contributed by atoms with van der Waals surface area (Å²) in [4.78, 5) is 28.9. The number of amides is 2. The molecule has 0 radical (unpaired) electrons. The molecule has 10 heteroatoms. The Balaban J connectivity index is 2.08. The van der Waals surface area contributed by atoms with Crippen LogP contribution in [-0.4, -0.2) is 44.3 Å². The minimum absolute atomic E-state index is 0.0129. The number of carbonyl (C=O) groups is 2. The van der Waals surface area contributed by atoms with Gasteiger partial charge in [0.1, 0.15) is 12.6 Å². The van der Waals surface area contributed by atoms with E-state index in [4.69, 9.17) is 23.2 Å². The average molecular weight is 619 g/mol. The van der Waals surface area contributed by atoms with Crippen molar-refractivity contribution in [1.82, 2.24) is 10.2 Å². The number of nitrogens with zero attached hydrogens (tertiary/aromatic N) is 2. The minimum Gasteiger partial charge on any atom is -0.354 e. The molecule has 2 amide bonds. The lowest BCUT2D eigenvalue weighted by molar-refractivity contribution is -0.140. The van der Waals surface area contributed by atoms with Gasteiger partial charge in [-0.2, -0.15) is 0 Å². The van der Waals surface area contributed by atoms with E-state index in [-0.39, 0.29) is 39.0 Å². The van der Waals surface area contributed by atoms with E-state index < -0.39 is 28.5 Å². The predicted octanol–water partition coefficient (Wildman–Crippen LogP) is 6.39. The minimum atomic E-state index is -4.22. The van der Waals surface area contributed by atoms with Gasteiger partial charge in [0.05, 0.1) is 10.6 Å². The van der Waals surface area contributed by atoms with Crippen LogP contribution in [0, 0.1) is 19.8 Å². The number of aryl methyl sites for hydroxylation is 2. The third kappa shape index (κ3) is 8.71. The summed E-state index contributed by atoms with van der Waals surface area (Å²) in [6, 6.07) is 17.6. The first kappa shape index (κ1) is 32.4. The summed E-state index contributed by atoms with van der Waals surface area (Å²) in [5.41, 5.74) is 2.86. The van der Waals surface area contributed by atoms with Crippen LogP contribution in [0.2, 0.25) is 10.0 Å². The predicted molar refractivity (Wildman–Crippen MR) is 166 cm³/mol. The molecule has 1 atom stereocenters. The van der Waals surface area contributed by atoms with Gasteiger partial charge >= 0.3 is 0 Å². The molecule has 41 heavy (non-hydrogen) atoms. The average Bonchev–Trinajstić information content (AvgIpc) is 2.89. The second kappa shape index (κ2) is 14.2. The lowest BCUT2D eigenvalue weighted by atomic mass is 10.1. The summed E-state index contributed by atoms with van der Waals surface area (Å²) in [7, 11) is -4.22. The highest BCUT2D eigenvalue weighted by Gasteiger charge is 2.34. The zero-order valence-electron chi connectivity index (χ0n) is 24.0. The lowest BCUT2D eigenvalue weighted by Crippen LogP contribution is -2.52. The van der Waals surface area contributed by atoms with Crippen molar-refractivity contribution in [3.05, 3.63) is 93.5 Å². The summed E-state index contributed by atoms with van der Waals surface area (Å²) in [6.45, 7) is 9.62. The van der Waals surface area contributed by atoms with E-state index >= 15 is 0 Å². The van der Waals surface area contributed by atoms with Crippen molar-refractivity contribution >= 4 is 50.7 Å². The van der Waals surface area contributed by atoms with Gasteiger partial charge in [0.15, 0.2) is 0 Å². The van der Waals surface area contributed by atoms with Gasteiger partial charge in [0.25, 0.3) is 10.0 Å². The van der Waals surface area contributed by atoms with Gasteiger partial charge in [-0.1, -0.05) is 91.5 Å². The van der Waals surface area contributed by atoms with E-state index in [0.29, 0.717) is 13.0 Å². The molecule has 0 unspecified atom stereocenters. The normalized spacial score (nSPS) is 12.2. The van der Waals surface area contributed by atoms with Crippen LogP contribution >= 0.6 is 23.2 Å². The van der Waals surface area contributed by atoms with Crippen LogP contribution in [0.5, 0.6) is 0 Å². The van der Waals surface area contributed by atoms with Gasteiger partial charge in [-0.05, 0) is 62.1 Å². The highest BCUT2D eigenvalue weighted by Crippen LogP contribution is 2.30. The molecule has 0 aliphatic rings. The van der Waals surface area contributed by atoms with Crippen LogP contribution < -0.4 is 9.62 Å². The van der Waals surface area contributed by atoms with Crippen molar-refractivity contribution in [2.75, 3.05) is 17.4 Å². The summed E-state index contributed by atoms with van der Waals surface area (Å²) < 4.78 is 28.9. The Hall–Kier alpha value is -3.07. The molecule has 0 aromatic heterocycles. The maximum absolute atomic E-state index is 14.1. The number of hydrogen-bond donors (Lipinski definition) is 1. The van der Waals surface area contributed by atoms with Crippen molar-refractivity contribution in [2.45, 2.75) is 58.5 Å². The first-order valence-corrected chi connectivity index (χ1v) is 15.7. The Bertz CT molecular complexity index is 1460. The number of halogens is 2. The number of carbonyl (C=O) groups excluding carboxylic acids is 2. The first-order chi connectivity index (χ1) is 19.3. The molecule has 0 aliphatic heterocycles. The molecule has 0 spiro atoms. The fraction of sp³-hybridized carbons (Fsp3) is 0.355. The highest BCUT2D eigenvalue weighted by atomic mass is 35.5. The Morgan fingerprint density at radius 3 is 2.10 bits per heavy atom. The van der Waals surface area contributed by atoms with Gasteiger partial charge in [-0.25, -0.2) is 8.42 Å². The van der Waals surface area contributed by atoms with E-state index in [1.165, 1.54) is 35.2 Å². The lowest BCUT2D eigenvalue weighted by Gasteiger charge is -2.33. The maximum Gasteiger partial charge on any atom is 0.264 e. The molecule has 0 aliphatic carbocycles. The Morgan fingerprint density at radius 2 is 1.54 bits per heavy atom. The van der Waals surface area contributed by atoms with Gasteiger partial charge in [0.2, 0.25) is 11.8 Å². The number of hydrogen-bond acceptors (Lipinski definition) is 4. The fourth-order valence-electron chi connectivity index (χ4n) is 4.40. The Kier molecular flexibility index (Phi) is 11.2. The molecule has 0 fully saturated rings. The summed E-state index contributed by atoms with van der Waals surface area (Å²) in [5, 5.41) is 3.37. The van der Waals surface area contributed by atoms with Crippen molar-refractivity contribution < 1.29 is 18.0 Å². The quantitative estimate of drug-likeness (QED) is 0.255. The van der Waals surface area contributed by atoms with Gasteiger partial charge < -0.3 is 10.2 Å². The summed E-state index contributed by atoms with van der Waals surface area (Å²) in [5.74, 6) is -0.606. The van der Waals surface area contributed by atoms with Gasteiger partial charge in [-0.15, -0.1) is 0 Å². The van der Waals surface area contributed by atoms with Gasteiger partial charge in [0, 0.05) is 23.1 Å². The Labute approximate surface area is 253 Å². The molecule has 7 nitrogen and oxygen atoms in total. The molecule has 0 saturated carbocycles. The van der Waals surface area contributed by atoms with E-state index in [0.717, 1.165) is 21.0 Å². The van der Waals surface area contributed by atoms with Crippen molar-refractivity contribution in [3.63, 3.8) is 0 Å². The van der Waals surface area contributed by atoms with E-state index in [1.807, 2.05) is 58.9 Å². The zero-order valence-corrected chi connectivity index (χ0v) is 26.4. The second-order valence-electron chi connectivity index (χ2n) is 10.5. The van der Waals surface area contributed by atoms with E-state index in [1.54, 1.807) is 12.1 Å². The molecular formula is C31H37Cl2N3O4S. The standard InChI is InChI=1S/C31H37Cl2N3O4S/c1-6-29(31(38)34-18-21(2)3)35(19-24-9-7-8-23(5)14-24)30(37)20-36(27-16-25(32)15-26(33)17-27)41(39,40)28-12-10-22(4)11-13-28/h7-17,21,29H,6,18-20H2,1-5H3,(H,34,38)/t29-/m0/s1. The van der Waals surface area contributed by atoms with Crippen LogP contribution in [0.4, 0.5) is 5.69 Å². The summed E-state index contributed by atoms with van der Waals surface area (Å²) in [6.07, 6.45) is 0.342. The van der Waals surface area contributed by atoms with Crippen molar-refractivity contribution in [3.8, 4) is 0 Å². The van der Waals surface area contributed by atoms with Crippen molar-refractivity contribution in [1.29, 1.82) is 0 Å². The van der Waals surface area contributed by atoms with Crippen LogP contribution in [0.25, 0.3) is 0 Å². The monoisotopic (exact) mass is 617 g/mol. The Morgan fingerprint density at radius 1 is 0.902 bits per heavy atom. The number of rotatable bonds is 12. The van der Waals surface area contributed by atoms with Gasteiger partial charge in [-0.3, -0.25) is 13.9 Å². The molecule has 1 N–H and O–H groups in total. The van der Waals surface area contributed by atoms with Crippen LogP contribution in [0.1, 0.15) is 43.9 Å².